The van der Waals surface area contributed by atoms with Gasteiger partial charge in [0.2, 0.25) is 5.91 Å². The van der Waals surface area contributed by atoms with E-state index in [0.717, 1.165) is 36.2 Å². The van der Waals surface area contributed by atoms with Gasteiger partial charge in [0.25, 0.3) is 0 Å². The average molecular weight is 325 g/mol. The molecule has 0 unspecified atom stereocenters. The maximum Gasteiger partial charge on any atom is 0.227 e. The zero-order chi connectivity index (χ0) is 13.9. The smallest absolute Gasteiger partial charge is 0.227 e. The van der Waals surface area contributed by atoms with Crippen molar-refractivity contribution in [2.45, 2.75) is 20.3 Å². The molecule has 0 saturated carbocycles. The van der Waals surface area contributed by atoms with Gasteiger partial charge in [0, 0.05) is 30.7 Å². The lowest BCUT2D eigenvalue weighted by Crippen LogP contribution is -2.39. The van der Waals surface area contributed by atoms with Crippen molar-refractivity contribution in [2.24, 2.45) is 5.41 Å². The highest BCUT2D eigenvalue weighted by atomic mass is 79.9. The normalized spacial score (nSPS) is 19.0. The summed E-state index contributed by atoms with van der Waals surface area (Å²) >= 11 is 3.50. The lowest BCUT2D eigenvalue weighted by molar-refractivity contribution is -0.131. The highest BCUT2D eigenvalue weighted by Gasteiger charge is 2.27. The first kappa shape index (κ1) is 14.5. The lowest BCUT2D eigenvalue weighted by atomic mass is 9.93. The van der Waals surface area contributed by atoms with Crippen LogP contribution in [0, 0.1) is 5.41 Å². The Balaban J connectivity index is 2.05. The van der Waals surface area contributed by atoms with Gasteiger partial charge in [0.15, 0.2) is 0 Å². The van der Waals surface area contributed by atoms with Gasteiger partial charge in [-0.2, -0.15) is 0 Å². The number of carbonyl (C=O) groups is 1. The van der Waals surface area contributed by atoms with E-state index >= 15 is 0 Å². The van der Waals surface area contributed by atoms with Gasteiger partial charge in [-0.25, -0.2) is 0 Å². The molecule has 0 aromatic heterocycles. The molecule has 1 amide bonds. The number of nitrogens with zero attached hydrogens (tertiary/aromatic N) is 1. The molecule has 1 aromatic rings. The third-order valence-corrected chi connectivity index (χ3v) is 4.21. The second kappa shape index (κ2) is 6.06. The van der Waals surface area contributed by atoms with E-state index in [0.29, 0.717) is 6.42 Å². The Bertz CT molecular complexity index is 459. The van der Waals surface area contributed by atoms with Crippen molar-refractivity contribution in [1.82, 2.24) is 10.2 Å². The molecule has 0 aliphatic carbocycles. The van der Waals surface area contributed by atoms with Crippen LogP contribution in [0.1, 0.15) is 19.4 Å². The standard InChI is InChI=1S/C15H21BrN2O/c1-15(2)10-17-7-8-18(11-15)14(19)9-12-5-3-4-6-13(12)16/h3-6,17H,7-11H2,1-2H3. The number of rotatable bonds is 2. The van der Waals surface area contributed by atoms with Gasteiger partial charge in [-0.15, -0.1) is 0 Å². The Morgan fingerprint density at radius 3 is 2.89 bits per heavy atom. The Morgan fingerprint density at radius 1 is 1.42 bits per heavy atom. The summed E-state index contributed by atoms with van der Waals surface area (Å²) in [4.78, 5) is 14.4. The summed E-state index contributed by atoms with van der Waals surface area (Å²) < 4.78 is 1.01. The monoisotopic (exact) mass is 324 g/mol. The minimum Gasteiger partial charge on any atom is -0.341 e. The molecular weight excluding hydrogens is 304 g/mol. The van der Waals surface area contributed by atoms with Gasteiger partial charge in [-0.3, -0.25) is 4.79 Å². The maximum atomic E-state index is 12.4. The predicted molar refractivity (Wildman–Crippen MR) is 81.1 cm³/mol. The largest absolute Gasteiger partial charge is 0.341 e. The number of hydrogen-bond acceptors (Lipinski definition) is 2. The summed E-state index contributed by atoms with van der Waals surface area (Å²) in [5, 5.41) is 3.39. The first-order chi connectivity index (χ1) is 8.98. The van der Waals surface area contributed by atoms with E-state index < -0.39 is 0 Å². The molecule has 0 atom stereocenters. The van der Waals surface area contributed by atoms with Crippen molar-refractivity contribution in [2.75, 3.05) is 26.2 Å². The first-order valence-electron chi connectivity index (χ1n) is 6.70. The van der Waals surface area contributed by atoms with E-state index in [4.69, 9.17) is 0 Å². The van der Waals surface area contributed by atoms with Crippen molar-refractivity contribution >= 4 is 21.8 Å². The van der Waals surface area contributed by atoms with Crippen LogP contribution in [0.4, 0.5) is 0 Å². The Hall–Kier alpha value is -0.870. The molecule has 1 aromatic carbocycles. The summed E-state index contributed by atoms with van der Waals surface area (Å²) in [6.07, 6.45) is 0.470. The molecule has 2 rings (SSSR count). The van der Waals surface area contributed by atoms with E-state index in [1.54, 1.807) is 0 Å². The molecule has 1 heterocycles. The van der Waals surface area contributed by atoms with Crippen LogP contribution in [0.2, 0.25) is 0 Å². The maximum absolute atomic E-state index is 12.4. The van der Waals surface area contributed by atoms with Crippen LogP contribution in [-0.4, -0.2) is 37.0 Å². The van der Waals surface area contributed by atoms with Crippen molar-refractivity contribution < 1.29 is 4.79 Å². The number of nitrogens with one attached hydrogen (secondary N) is 1. The Morgan fingerprint density at radius 2 is 2.16 bits per heavy atom. The molecule has 4 heteroatoms. The van der Waals surface area contributed by atoms with E-state index in [1.165, 1.54) is 0 Å². The zero-order valence-electron chi connectivity index (χ0n) is 11.6. The van der Waals surface area contributed by atoms with E-state index in [2.05, 4.69) is 35.1 Å². The fourth-order valence-corrected chi connectivity index (χ4v) is 2.85. The zero-order valence-corrected chi connectivity index (χ0v) is 13.2. The highest BCUT2D eigenvalue weighted by Crippen LogP contribution is 2.20. The van der Waals surface area contributed by atoms with Gasteiger partial charge in [-0.05, 0) is 17.0 Å². The molecule has 1 aliphatic heterocycles. The second-order valence-electron chi connectivity index (χ2n) is 5.92. The van der Waals surface area contributed by atoms with Crippen molar-refractivity contribution in [3.05, 3.63) is 34.3 Å². The van der Waals surface area contributed by atoms with Gasteiger partial charge < -0.3 is 10.2 Å². The second-order valence-corrected chi connectivity index (χ2v) is 6.78. The molecule has 1 fully saturated rings. The average Bonchev–Trinajstić information content (AvgIpc) is 2.53. The van der Waals surface area contributed by atoms with Crippen molar-refractivity contribution in [3.8, 4) is 0 Å². The Labute approximate surface area is 123 Å². The summed E-state index contributed by atoms with van der Waals surface area (Å²) in [5.41, 5.74) is 1.20. The summed E-state index contributed by atoms with van der Waals surface area (Å²) in [7, 11) is 0. The van der Waals surface area contributed by atoms with Gasteiger partial charge in [-0.1, -0.05) is 48.0 Å². The quantitative estimate of drug-likeness (QED) is 0.906. The number of benzene rings is 1. The molecule has 3 nitrogen and oxygen atoms in total. The fourth-order valence-electron chi connectivity index (χ4n) is 2.42. The number of amides is 1. The summed E-state index contributed by atoms with van der Waals surface area (Å²) in [5.74, 6) is 0.212. The van der Waals surface area contributed by atoms with Gasteiger partial charge >= 0.3 is 0 Å². The lowest BCUT2D eigenvalue weighted by Gasteiger charge is -2.29. The van der Waals surface area contributed by atoms with Gasteiger partial charge in [0.1, 0.15) is 0 Å². The van der Waals surface area contributed by atoms with E-state index in [9.17, 15) is 4.79 Å². The highest BCUT2D eigenvalue weighted by molar-refractivity contribution is 9.10. The SMILES string of the molecule is CC1(C)CNCCN(C(=O)Cc2ccccc2Br)C1. The van der Waals surface area contributed by atoms with E-state index in [-0.39, 0.29) is 11.3 Å². The molecule has 104 valence electrons. The topological polar surface area (TPSA) is 32.3 Å². The van der Waals surface area contributed by atoms with Crippen LogP contribution in [0.5, 0.6) is 0 Å². The van der Waals surface area contributed by atoms with Gasteiger partial charge in [0.05, 0.1) is 6.42 Å². The van der Waals surface area contributed by atoms with Crippen LogP contribution in [0.3, 0.4) is 0 Å². The number of hydrogen-bond donors (Lipinski definition) is 1. The van der Waals surface area contributed by atoms with Crippen LogP contribution in [0.25, 0.3) is 0 Å². The molecule has 1 aliphatic rings. The summed E-state index contributed by atoms with van der Waals surface area (Å²) in [6, 6.07) is 7.93. The molecule has 0 radical (unpaired) electrons. The minimum absolute atomic E-state index is 0.139. The fraction of sp³-hybridized carbons (Fsp3) is 0.533. The van der Waals surface area contributed by atoms with Crippen molar-refractivity contribution in [1.29, 1.82) is 0 Å². The predicted octanol–water partition coefficient (Wildman–Crippen LogP) is 2.45. The molecule has 1 N–H and O–H groups in total. The summed E-state index contributed by atoms with van der Waals surface area (Å²) in [6.45, 7) is 7.86. The third-order valence-electron chi connectivity index (χ3n) is 3.43. The molecule has 1 saturated heterocycles. The first-order valence-corrected chi connectivity index (χ1v) is 7.49. The van der Waals surface area contributed by atoms with Crippen LogP contribution < -0.4 is 5.32 Å². The molecule has 0 spiro atoms. The van der Waals surface area contributed by atoms with Crippen LogP contribution in [0.15, 0.2) is 28.7 Å². The molecule has 0 bridgehead atoms. The van der Waals surface area contributed by atoms with Crippen molar-refractivity contribution in [3.63, 3.8) is 0 Å². The number of halogens is 1. The van der Waals surface area contributed by atoms with Crippen LogP contribution in [-0.2, 0) is 11.2 Å². The minimum atomic E-state index is 0.139. The van der Waals surface area contributed by atoms with E-state index in [1.807, 2.05) is 29.2 Å². The third kappa shape index (κ3) is 4.05. The number of carbonyl (C=O) groups excluding carboxylic acids is 1. The van der Waals surface area contributed by atoms with Crippen LogP contribution >= 0.6 is 15.9 Å². The molecular formula is C15H21BrN2O. The Kier molecular flexibility index (Phi) is 4.63. The molecule has 19 heavy (non-hydrogen) atoms.